The molecule has 0 atom stereocenters. The van der Waals surface area contributed by atoms with Gasteiger partial charge in [-0.2, -0.15) is 0 Å². The molecule has 0 amide bonds. The molecule has 0 saturated heterocycles. The highest BCUT2D eigenvalue weighted by molar-refractivity contribution is 7.20. The summed E-state index contributed by atoms with van der Waals surface area (Å²) in [6.45, 7) is 3.83. The molecule has 0 aliphatic carbocycles. The van der Waals surface area contributed by atoms with Crippen LogP contribution >= 0.6 is 11.3 Å². The number of carboxylic acid groups (broad SMARTS) is 1. The molecule has 3 rings (SSSR count). The summed E-state index contributed by atoms with van der Waals surface area (Å²) in [5, 5.41) is 13.0. The van der Waals surface area contributed by atoms with E-state index >= 15 is 0 Å². The van der Waals surface area contributed by atoms with Crippen molar-refractivity contribution in [3.8, 4) is 0 Å². The fourth-order valence-corrected chi connectivity index (χ4v) is 3.51. The van der Waals surface area contributed by atoms with E-state index in [2.05, 4.69) is 15.3 Å². The number of benzene rings is 1. The van der Waals surface area contributed by atoms with Crippen LogP contribution in [0.2, 0.25) is 0 Å². The number of fused-ring (bicyclic) bond motifs is 1. The molecular weight excluding hydrogens is 342 g/mol. The molecule has 0 radical (unpaired) electrons. The van der Waals surface area contributed by atoms with Gasteiger partial charge in [0.2, 0.25) is 0 Å². The van der Waals surface area contributed by atoms with Crippen LogP contribution in [-0.4, -0.2) is 33.6 Å². The molecule has 0 bridgehead atoms. The number of hydrogen-bond donors (Lipinski definition) is 2. The highest BCUT2D eigenvalue weighted by atomic mass is 32.1. The van der Waals surface area contributed by atoms with Gasteiger partial charge in [0.15, 0.2) is 0 Å². The molecule has 0 saturated carbocycles. The van der Waals surface area contributed by atoms with Gasteiger partial charge in [0.05, 0.1) is 23.2 Å². The summed E-state index contributed by atoms with van der Waals surface area (Å²) in [4.78, 5) is 33.0. The zero-order valence-electron chi connectivity index (χ0n) is 13.6. The zero-order valence-corrected chi connectivity index (χ0v) is 14.4. The summed E-state index contributed by atoms with van der Waals surface area (Å²) in [5.41, 5.74) is 1.25. The van der Waals surface area contributed by atoms with Gasteiger partial charge >= 0.3 is 11.9 Å². The van der Waals surface area contributed by atoms with Gasteiger partial charge in [-0.05, 0) is 31.5 Å². The molecule has 8 heteroatoms. The number of anilines is 2. The maximum absolute atomic E-state index is 12.1. The lowest BCUT2D eigenvalue weighted by Crippen LogP contribution is -2.05. The number of carbonyl (C=O) groups excluding carboxylic acids is 1. The number of thiophene rings is 1. The number of aromatic nitrogens is 2. The van der Waals surface area contributed by atoms with E-state index in [0.29, 0.717) is 32.2 Å². The molecule has 1 aromatic carbocycles. The van der Waals surface area contributed by atoms with Crippen LogP contribution in [0.1, 0.15) is 32.5 Å². The van der Waals surface area contributed by atoms with Gasteiger partial charge in [0, 0.05) is 0 Å². The number of rotatable bonds is 5. The fourth-order valence-electron chi connectivity index (χ4n) is 2.46. The molecular formula is C17H15N3O4S. The first-order valence-electron chi connectivity index (χ1n) is 7.53. The summed E-state index contributed by atoms with van der Waals surface area (Å²) < 4.78 is 5.07. The third-order valence-electron chi connectivity index (χ3n) is 3.60. The minimum atomic E-state index is -1.04. The van der Waals surface area contributed by atoms with E-state index < -0.39 is 11.9 Å². The van der Waals surface area contributed by atoms with Crippen molar-refractivity contribution in [1.82, 2.24) is 9.97 Å². The number of aromatic carboxylic acids is 1. The first kappa shape index (κ1) is 16.8. The average molecular weight is 357 g/mol. The van der Waals surface area contributed by atoms with Crippen LogP contribution < -0.4 is 5.32 Å². The third kappa shape index (κ3) is 3.16. The van der Waals surface area contributed by atoms with Crippen LogP contribution in [0.3, 0.4) is 0 Å². The van der Waals surface area contributed by atoms with Gasteiger partial charge in [-0.25, -0.2) is 19.6 Å². The number of carboxylic acids is 1. The second-order valence-electron chi connectivity index (χ2n) is 5.15. The molecule has 0 aliphatic rings. The predicted octanol–water partition coefficient (Wildman–Crippen LogP) is 3.62. The molecule has 0 aliphatic heterocycles. The molecule has 128 valence electrons. The Hall–Kier alpha value is -3.00. The van der Waals surface area contributed by atoms with Crippen LogP contribution in [-0.2, 0) is 4.74 Å². The van der Waals surface area contributed by atoms with Gasteiger partial charge in [-0.1, -0.05) is 12.1 Å². The minimum absolute atomic E-state index is 0.132. The van der Waals surface area contributed by atoms with Crippen LogP contribution in [0.25, 0.3) is 10.2 Å². The lowest BCUT2D eigenvalue weighted by atomic mass is 10.1. The maximum Gasteiger partial charge on any atom is 0.348 e. The summed E-state index contributed by atoms with van der Waals surface area (Å²) in [7, 11) is 0. The standard InChI is InChI=1S/C17H15N3O4S/c1-3-24-17(23)13-9(2)12-14(18-8-19-15(12)25-13)20-11-7-5-4-6-10(11)16(21)22/h4-8H,3H2,1-2H3,(H,21,22)(H,18,19,20). The molecule has 0 unspecified atom stereocenters. The molecule has 7 nitrogen and oxygen atoms in total. The van der Waals surface area contributed by atoms with Crippen LogP contribution in [0.5, 0.6) is 0 Å². The van der Waals surface area contributed by atoms with Crippen molar-refractivity contribution in [3.05, 3.63) is 46.6 Å². The molecule has 2 aromatic heterocycles. The molecule has 2 heterocycles. The quantitative estimate of drug-likeness (QED) is 0.672. The lowest BCUT2D eigenvalue weighted by Gasteiger charge is -2.10. The fraction of sp³-hybridized carbons (Fsp3) is 0.176. The second kappa shape index (κ2) is 6.86. The number of para-hydroxylation sites is 1. The third-order valence-corrected chi connectivity index (χ3v) is 4.78. The Kier molecular flexibility index (Phi) is 4.62. The highest BCUT2D eigenvalue weighted by Gasteiger charge is 2.21. The highest BCUT2D eigenvalue weighted by Crippen LogP contribution is 2.35. The molecule has 3 aromatic rings. The predicted molar refractivity (Wildman–Crippen MR) is 94.8 cm³/mol. The van der Waals surface area contributed by atoms with E-state index in [9.17, 15) is 14.7 Å². The van der Waals surface area contributed by atoms with E-state index in [0.717, 1.165) is 0 Å². The molecule has 25 heavy (non-hydrogen) atoms. The monoisotopic (exact) mass is 357 g/mol. The summed E-state index contributed by atoms with van der Waals surface area (Å²) in [5.74, 6) is -0.995. The van der Waals surface area contributed by atoms with Crippen LogP contribution in [0, 0.1) is 6.92 Å². The number of hydrogen-bond acceptors (Lipinski definition) is 7. The van der Waals surface area contributed by atoms with E-state index in [-0.39, 0.29) is 12.2 Å². The number of nitrogens with one attached hydrogen (secondary N) is 1. The first-order valence-corrected chi connectivity index (χ1v) is 8.35. The van der Waals surface area contributed by atoms with Crippen molar-refractivity contribution < 1.29 is 19.4 Å². The van der Waals surface area contributed by atoms with Crippen molar-refractivity contribution in [2.45, 2.75) is 13.8 Å². The van der Waals surface area contributed by atoms with Gasteiger partial charge in [0.25, 0.3) is 0 Å². The number of nitrogens with zero attached hydrogens (tertiary/aromatic N) is 2. The molecule has 2 N–H and O–H groups in total. The maximum atomic E-state index is 12.1. The van der Waals surface area contributed by atoms with Crippen LogP contribution in [0.15, 0.2) is 30.6 Å². The molecule has 0 spiro atoms. The zero-order chi connectivity index (χ0) is 18.0. The van der Waals surface area contributed by atoms with Gasteiger partial charge in [-0.3, -0.25) is 0 Å². The number of aryl methyl sites for hydroxylation is 1. The van der Waals surface area contributed by atoms with Crippen molar-refractivity contribution >= 4 is 45.0 Å². The Bertz CT molecular complexity index is 968. The van der Waals surface area contributed by atoms with Gasteiger partial charge in [0.1, 0.15) is 21.9 Å². The topological polar surface area (TPSA) is 101 Å². The summed E-state index contributed by atoms with van der Waals surface area (Å²) in [6, 6.07) is 6.55. The SMILES string of the molecule is CCOC(=O)c1sc2ncnc(Nc3ccccc3C(=O)O)c2c1C. The smallest absolute Gasteiger partial charge is 0.348 e. The van der Waals surface area contributed by atoms with Crippen molar-refractivity contribution in [3.63, 3.8) is 0 Å². The van der Waals surface area contributed by atoms with E-state index in [1.807, 2.05) is 0 Å². The minimum Gasteiger partial charge on any atom is -0.478 e. The normalized spacial score (nSPS) is 10.6. The Morgan fingerprint density at radius 1 is 1.28 bits per heavy atom. The average Bonchev–Trinajstić information content (AvgIpc) is 2.93. The summed E-state index contributed by atoms with van der Waals surface area (Å²) in [6.07, 6.45) is 1.37. The largest absolute Gasteiger partial charge is 0.478 e. The van der Waals surface area contributed by atoms with E-state index in [4.69, 9.17) is 4.74 Å². The molecule has 0 fully saturated rings. The van der Waals surface area contributed by atoms with Gasteiger partial charge in [-0.15, -0.1) is 11.3 Å². The second-order valence-corrected chi connectivity index (χ2v) is 6.15. The Morgan fingerprint density at radius 2 is 2.04 bits per heavy atom. The Morgan fingerprint density at radius 3 is 2.76 bits per heavy atom. The van der Waals surface area contributed by atoms with Crippen molar-refractivity contribution in [2.75, 3.05) is 11.9 Å². The van der Waals surface area contributed by atoms with Crippen LogP contribution in [0.4, 0.5) is 11.5 Å². The number of ether oxygens (including phenoxy) is 1. The first-order chi connectivity index (χ1) is 12.0. The van der Waals surface area contributed by atoms with Gasteiger partial charge < -0.3 is 15.2 Å². The van der Waals surface area contributed by atoms with E-state index in [1.165, 1.54) is 23.7 Å². The Labute approximate surface area is 147 Å². The number of esters is 1. The Balaban J connectivity index is 2.09. The van der Waals surface area contributed by atoms with E-state index in [1.54, 1.807) is 32.0 Å². The van der Waals surface area contributed by atoms with Crippen molar-refractivity contribution in [2.24, 2.45) is 0 Å². The number of carbonyl (C=O) groups is 2. The summed E-state index contributed by atoms with van der Waals surface area (Å²) >= 11 is 1.23. The van der Waals surface area contributed by atoms with Crippen molar-refractivity contribution in [1.29, 1.82) is 0 Å². The lowest BCUT2D eigenvalue weighted by molar-refractivity contribution is 0.0531.